The van der Waals surface area contributed by atoms with Crippen LogP contribution >= 0.6 is 28.3 Å². The maximum Gasteiger partial charge on any atom is 0.297 e. The van der Waals surface area contributed by atoms with E-state index in [0.29, 0.717) is 0 Å². The zero-order valence-corrected chi connectivity index (χ0v) is 11.5. The predicted molar refractivity (Wildman–Crippen MR) is 63.6 cm³/mol. The Labute approximate surface area is 104 Å². The molecule has 1 aromatic rings. The summed E-state index contributed by atoms with van der Waals surface area (Å²) in [5.41, 5.74) is 0.916. The topological polar surface area (TPSA) is 60.4 Å². The monoisotopic (exact) mass is 302 g/mol. The van der Waals surface area contributed by atoms with Gasteiger partial charge in [-0.3, -0.25) is 8.75 Å². The van der Waals surface area contributed by atoms with E-state index in [1.165, 1.54) is 12.1 Å². The maximum atomic E-state index is 11.5. The van der Waals surface area contributed by atoms with E-state index in [1.807, 2.05) is 6.92 Å². The lowest BCUT2D eigenvalue weighted by molar-refractivity contribution is 0.372. The first-order chi connectivity index (χ1) is 7.21. The van der Waals surface area contributed by atoms with E-state index in [2.05, 4.69) is 4.18 Å². The minimum Gasteiger partial charge on any atom is -0.287 e. The van der Waals surface area contributed by atoms with Gasteiger partial charge in [0, 0.05) is 0 Å². The van der Waals surface area contributed by atoms with Crippen molar-refractivity contribution in [2.45, 2.75) is 11.8 Å². The third-order valence-corrected chi connectivity index (χ3v) is 4.14. The van der Waals surface area contributed by atoms with Crippen molar-refractivity contribution in [1.82, 2.24) is 0 Å². The molecule has 0 spiro atoms. The fourth-order valence-corrected chi connectivity index (χ4v) is 3.27. The largest absolute Gasteiger partial charge is 0.297 e. The van der Waals surface area contributed by atoms with Gasteiger partial charge in [-0.05, 0) is 41.5 Å². The molecule has 0 atom stereocenters. The molecule has 0 heterocycles. The minimum atomic E-state index is -3.95. The van der Waals surface area contributed by atoms with Gasteiger partial charge < -0.3 is 0 Å². The first-order valence-electron chi connectivity index (χ1n) is 4.15. The Morgan fingerprint density at radius 2 is 1.75 bits per heavy atom. The van der Waals surface area contributed by atoms with Crippen LogP contribution in [-0.2, 0) is 18.9 Å². The van der Waals surface area contributed by atoms with Crippen molar-refractivity contribution < 1.29 is 17.2 Å². The van der Waals surface area contributed by atoms with Crippen LogP contribution in [0.15, 0.2) is 29.2 Å². The molecule has 0 unspecified atom stereocenters. The lowest BCUT2D eigenvalue weighted by atomic mass is 10.2. The Morgan fingerprint density at radius 3 is 2.19 bits per heavy atom. The average molecular weight is 303 g/mol. The van der Waals surface area contributed by atoms with E-state index >= 15 is 0 Å². The molecular formula is C8H9Cl2O4PS. The Morgan fingerprint density at radius 1 is 1.25 bits per heavy atom. The van der Waals surface area contributed by atoms with E-state index in [-0.39, 0.29) is 4.90 Å². The molecule has 0 saturated heterocycles. The lowest BCUT2D eigenvalue weighted by Gasteiger charge is -2.06. The van der Waals surface area contributed by atoms with Gasteiger partial charge in [0.05, 0.1) is 4.90 Å². The molecule has 1 aromatic carbocycles. The Hall–Kier alpha value is -0.0600. The third kappa shape index (κ3) is 4.44. The molecule has 0 N–H and O–H groups in total. The minimum absolute atomic E-state index is 0.0279. The zero-order valence-electron chi connectivity index (χ0n) is 8.26. The molecular weight excluding hydrogens is 294 g/mol. The lowest BCUT2D eigenvalue weighted by Crippen LogP contribution is -2.06. The Balaban J connectivity index is 2.87. The smallest absolute Gasteiger partial charge is 0.287 e. The predicted octanol–water partition coefficient (Wildman–Crippen LogP) is 3.33. The number of hydrogen-bond acceptors (Lipinski definition) is 4. The highest BCUT2D eigenvalue weighted by Crippen LogP contribution is 2.56. The number of aryl methyl sites for hydroxylation is 1. The summed E-state index contributed by atoms with van der Waals surface area (Å²) in [5, 5.41) is 0. The maximum absolute atomic E-state index is 11.5. The molecule has 0 fully saturated rings. The number of benzene rings is 1. The first-order valence-corrected chi connectivity index (χ1v) is 9.26. The molecule has 16 heavy (non-hydrogen) atoms. The van der Waals surface area contributed by atoms with Crippen molar-refractivity contribution in [3.63, 3.8) is 0 Å². The molecule has 4 nitrogen and oxygen atoms in total. The van der Waals surface area contributed by atoms with Crippen LogP contribution in [-0.4, -0.2) is 14.8 Å². The van der Waals surface area contributed by atoms with Crippen LogP contribution in [0.3, 0.4) is 0 Å². The third-order valence-electron chi connectivity index (χ3n) is 1.67. The molecule has 0 radical (unpaired) electrons. The number of rotatable bonds is 4. The molecule has 0 aliphatic carbocycles. The van der Waals surface area contributed by atoms with Gasteiger partial charge in [-0.1, -0.05) is 17.7 Å². The van der Waals surface area contributed by atoms with Gasteiger partial charge in [0.1, 0.15) is 6.35 Å². The van der Waals surface area contributed by atoms with Gasteiger partial charge in [-0.15, -0.1) is 0 Å². The van der Waals surface area contributed by atoms with Crippen molar-refractivity contribution in [3.05, 3.63) is 29.8 Å². The summed E-state index contributed by atoms with van der Waals surface area (Å²) < 4.78 is 38.4. The quantitative estimate of drug-likeness (QED) is 0.632. The van der Waals surface area contributed by atoms with E-state index in [1.54, 1.807) is 12.1 Å². The second kappa shape index (κ2) is 5.07. The van der Waals surface area contributed by atoms with Crippen LogP contribution in [0.25, 0.3) is 0 Å². The molecule has 0 saturated carbocycles. The second-order valence-electron chi connectivity index (χ2n) is 3.08. The van der Waals surface area contributed by atoms with Gasteiger partial charge in [0.2, 0.25) is 0 Å². The van der Waals surface area contributed by atoms with Gasteiger partial charge in [-0.25, -0.2) is 0 Å². The highest BCUT2D eigenvalue weighted by molar-refractivity contribution is 8.08. The highest BCUT2D eigenvalue weighted by Gasteiger charge is 2.21. The Bertz CT molecular complexity index is 505. The summed E-state index contributed by atoms with van der Waals surface area (Å²) in [6.45, 7) is 1.82. The highest BCUT2D eigenvalue weighted by atomic mass is 35.9. The van der Waals surface area contributed by atoms with Crippen LogP contribution in [0.5, 0.6) is 0 Å². The summed E-state index contributed by atoms with van der Waals surface area (Å²) in [4.78, 5) is -0.0279. The molecule has 0 aliphatic rings. The summed E-state index contributed by atoms with van der Waals surface area (Å²) in [6, 6.07) is 6.02. The normalized spacial score (nSPS) is 12.7. The Kier molecular flexibility index (Phi) is 4.43. The van der Waals surface area contributed by atoms with Crippen LogP contribution in [0.2, 0.25) is 0 Å². The van der Waals surface area contributed by atoms with Gasteiger partial charge >= 0.3 is 0 Å². The van der Waals surface area contributed by atoms with Crippen LogP contribution < -0.4 is 0 Å². The average Bonchev–Trinajstić information content (AvgIpc) is 2.15. The van der Waals surface area contributed by atoms with Crippen LogP contribution in [0.4, 0.5) is 0 Å². The van der Waals surface area contributed by atoms with Crippen molar-refractivity contribution in [2.24, 2.45) is 0 Å². The fraction of sp³-hybridized carbons (Fsp3) is 0.250. The van der Waals surface area contributed by atoms with Crippen LogP contribution in [0, 0.1) is 6.92 Å². The van der Waals surface area contributed by atoms with Crippen molar-refractivity contribution in [2.75, 3.05) is 6.35 Å². The van der Waals surface area contributed by atoms with Crippen LogP contribution in [0.1, 0.15) is 5.56 Å². The van der Waals surface area contributed by atoms with Gasteiger partial charge in [0.25, 0.3) is 16.0 Å². The van der Waals surface area contributed by atoms with E-state index in [4.69, 9.17) is 22.5 Å². The van der Waals surface area contributed by atoms with Crippen molar-refractivity contribution in [3.8, 4) is 0 Å². The summed E-state index contributed by atoms with van der Waals surface area (Å²) in [7, 11) is -3.95. The zero-order chi connectivity index (χ0) is 12.4. The second-order valence-corrected chi connectivity index (χ2v) is 9.89. The molecule has 1 rings (SSSR count). The SMILES string of the molecule is Cc1ccc(S(=O)(=O)OCP(=O)(Cl)Cl)cc1. The van der Waals surface area contributed by atoms with E-state index in [9.17, 15) is 13.0 Å². The van der Waals surface area contributed by atoms with E-state index < -0.39 is 22.3 Å². The molecule has 8 heteroatoms. The molecule has 0 amide bonds. The van der Waals surface area contributed by atoms with Gasteiger partial charge in [0.15, 0.2) is 0 Å². The molecule has 0 aromatic heterocycles. The molecule has 0 aliphatic heterocycles. The number of hydrogen-bond donors (Lipinski definition) is 0. The first kappa shape index (κ1) is 14.0. The standard InChI is InChI=1S/C8H9Cl2O4PS/c1-7-2-4-8(5-3-7)16(12,13)14-6-15(9,10)11/h2-5H,6H2,1H3. The van der Waals surface area contributed by atoms with Gasteiger partial charge in [-0.2, -0.15) is 8.42 Å². The van der Waals surface area contributed by atoms with E-state index in [0.717, 1.165) is 5.56 Å². The molecule has 90 valence electrons. The summed E-state index contributed by atoms with van der Waals surface area (Å²) >= 11 is 10.4. The molecule has 0 bridgehead atoms. The summed E-state index contributed by atoms with van der Waals surface area (Å²) in [5.74, 6) is -3.55. The van der Waals surface area contributed by atoms with Crippen molar-refractivity contribution >= 4 is 38.4 Å². The van der Waals surface area contributed by atoms with Crippen molar-refractivity contribution in [1.29, 1.82) is 0 Å². The number of halogens is 2. The fourth-order valence-electron chi connectivity index (χ4n) is 0.904. The summed E-state index contributed by atoms with van der Waals surface area (Å²) in [6.07, 6.45) is -0.730.